The van der Waals surface area contributed by atoms with Crippen LogP contribution in [-0.4, -0.2) is 29.6 Å². The van der Waals surface area contributed by atoms with E-state index in [1.165, 1.54) is 44.9 Å². The fourth-order valence-corrected chi connectivity index (χ4v) is 9.84. The van der Waals surface area contributed by atoms with E-state index in [-0.39, 0.29) is 11.8 Å². The number of hydrogen-bond acceptors (Lipinski definition) is 3. The summed E-state index contributed by atoms with van der Waals surface area (Å²) in [4.78, 5) is 0. The summed E-state index contributed by atoms with van der Waals surface area (Å²) in [6.45, 7) is 11.2. The molecule has 2 saturated heterocycles. The zero-order valence-electron chi connectivity index (χ0n) is 19.6. The fourth-order valence-electron chi connectivity index (χ4n) is 9.84. The van der Waals surface area contributed by atoms with Crippen molar-refractivity contribution in [1.82, 2.24) is 5.32 Å². The van der Waals surface area contributed by atoms with Crippen molar-refractivity contribution < 1.29 is 9.84 Å². The minimum Gasteiger partial charge on any atom is -0.393 e. The summed E-state index contributed by atoms with van der Waals surface area (Å²) >= 11 is 0. The number of fused-ring (bicyclic) bond motifs is 7. The second kappa shape index (κ2) is 6.58. The Bertz CT molecular complexity index is 739. The molecule has 168 valence electrons. The van der Waals surface area contributed by atoms with Crippen molar-refractivity contribution in [3.63, 3.8) is 0 Å². The van der Waals surface area contributed by atoms with E-state index >= 15 is 0 Å². The van der Waals surface area contributed by atoms with Crippen molar-refractivity contribution >= 4 is 0 Å². The number of allylic oxidation sites excluding steroid dienone is 1. The average Bonchev–Trinajstić information content (AvgIpc) is 3.16. The summed E-state index contributed by atoms with van der Waals surface area (Å²) in [5.41, 5.74) is 2.33. The van der Waals surface area contributed by atoms with Gasteiger partial charge in [0.2, 0.25) is 0 Å². The van der Waals surface area contributed by atoms with Crippen molar-refractivity contribution in [3.05, 3.63) is 11.6 Å². The molecular formula is C27H43NO2. The van der Waals surface area contributed by atoms with Crippen LogP contribution in [0.15, 0.2) is 11.6 Å². The number of rotatable bonds is 0. The maximum absolute atomic E-state index is 10.3. The van der Waals surface area contributed by atoms with Crippen LogP contribution in [0.3, 0.4) is 0 Å². The maximum atomic E-state index is 10.3. The summed E-state index contributed by atoms with van der Waals surface area (Å²) in [5, 5.41) is 14.1. The molecule has 0 bridgehead atoms. The second-order valence-electron chi connectivity index (χ2n) is 12.8. The third-order valence-corrected chi connectivity index (χ3v) is 11.6. The van der Waals surface area contributed by atoms with Gasteiger partial charge < -0.3 is 9.84 Å². The van der Waals surface area contributed by atoms with Crippen molar-refractivity contribution in [2.45, 2.75) is 103 Å². The van der Waals surface area contributed by atoms with Gasteiger partial charge in [0.15, 0.2) is 0 Å². The van der Waals surface area contributed by atoms with Crippen molar-refractivity contribution in [1.29, 1.82) is 0 Å². The molecule has 0 aromatic carbocycles. The van der Waals surface area contributed by atoms with E-state index in [1.54, 1.807) is 5.57 Å². The quantitative estimate of drug-likeness (QED) is 0.530. The molecule has 0 radical (unpaired) electrons. The Balaban J connectivity index is 1.28. The van der Waals surface area contributed by atoms with E-state index in [2.05, 4.69) is 39.1 Å². The highest BCUT2D eigenvalue weighted by Gasteiger charge is 2.68. The van der Waals surface area contributed by atoms with Crippen LogP contribution in [0.5, 0.6) is 0 Å². The zero-order valence-corrected chi connectivity index (χ0v) is 19.6. The Morgan fingerprint density at radius 2 is 1.90 bits per heavy atom. The van der Waals surface area contributed by atoms with E-state index in [1.807, 2.05) is 0 Å². The predicted molar refractivity (Wildman–Crippen MR) is 120 cm³/mol. The van der Waals surface area contributed by atoms with Gasteiger partial charge in [-0.2, -0.15) is 0 Å². The molecule has 5 fully saturated rings. The molecule has 11 atom stereocenters. The number of aliphatic hydroxyl groups is 1. The molecule has 2 aliphatic heterocycles. The van der Waals surface area contributed by atoms with Gasteiger partial charge >= 0.3 is 0 Å². The van der Waals surface area contributed by atoms with Crippen LogP contribution < -0.4 is 5.32 Å². The van der Waals surface area contributed by atoms with Gasteiger partial charge in [0.25, 0.3) is 0 Å². The van der Waals surface area contributed by atoms with Crippen molar-refractivity contribution in [2.24, 2.45) is 46.3 Å². The number of nitrogens with one attached hydrogen (secondary N) is 1. The van der Waals surface area contributed by atoms with Gasteiger partial charge in [-0.1, -0.05) is 39.3 Å². The molecule has 3 saturated carbocycles. The summed E-state index contributed by atoms with van der Waals surface area (Å²) in [7, 11) is 0. The minimum absolute atomic E-state index is 0.0439. The molecular weight excluding hydrogens is 370 g/mol. The Hall–Kier alpha value is -0.380. The molecule has 3 nitrogen and oxygen atoms in total. The van der Waals surface area contributed by atoms with E-state index in [0.717, 1.165) is 49.0 Å². The Morgan fingerprint density at radius 1 is 1.07 bits per heavy atom. The SMILES string of the molecule is C[C@@H]1CC[C@@]2(NC1)O[C@H]1C[C@H]3[C@@H]4CC=C5C[C@@H](O)CC[C@@]5(C)[C@H]4CC[C@@]3(C)[C@H]1[C@@H]2C. The zero-order chi connectivity index (χ0) is 20.9. The largest absolute Gasteiger partial charge is 0.393 e. The van der Waals surface area contributed by atoms with Crippen LogP contribution in [0.4, 0.5) is 0 Å². The molecule has 6 rings (SSSR count). The van der Waals surface area contributed by atoms with Crippen LogP contribution in [-0.2, 0) is 4.74 Å². The summed E-state index contributed by atoms with van der Waals surface area (Å²) < 4.78 is 7.00. The minimum atomic E-state index is -0.100. The molecule has 0 unspecified atom stereocenters. The number of aliphatic hydroxyl groups excluding tert-OH is 1. The summed E-state index contributed by atoms with van der Waals surface area (Å²) in [5.74, 6) is 4.58. The topological polar surface area (TPSA) is 41.5 Å². The molecule has 0 aromatic heterocycles. The Kier molecular flexibility index (Phi) is 4.44. The third-order valence-electron chi connectivity index (χ3n) is 11.6. The van der Waals surface area contributed by atoms with E-state index in [4.69, 9.17) is 4.74 Å². The smallest absolute Gasteiger partial charge is 0.122 e. The second-order valence-corrected chi connectivity index (χ2v) is 12.8. The van der Waals surface area contributed by atoms with Gasteiger partial charge in [0.05, 0.1) is 12.2 Å². The highest BCUT2D eigenvalue weighted by atomic mass is 16.5. The van der Waals surface area contributed by atoms with E-state index in [0.29, 0.717) is 22.9 Å². The van der Waals surface area contributed by atoms with Crippen LogP contribution in [0.2, 0.25) is 0 Å². The number of ether oxygens (including phenoxy) is 1. The van der Waals surface area contributed by atoms with Crippen molar-refractivity contribution in [3.8, 4) is 0 Å². The normalized spacial score (nSPS) is 59.8. The lowest BCUT2D eigenvalue weighted by Gasteiger charge is -2.58. The third kappa shape index (κ3) is 2.55. The van der Waals surface area contributed by atoms with Crippen LogP contribution in [0.25, 0.3) is 0 Å². The molecule has 0 aromatic rings. The van der Waals surface area contributed by atoms with Crippen LogP contribution >= 0.6 is 0 Å². The molecule has 30 heavy (non-hydrogen) atoms. The van der Waals surface area contributed by atoms with Crippen molar-refractivity contribution in [2.75, 3.05) is 6.54 Å². The van der Waals surface area contributed by atoms with Gasteiger partial charge in [-0.05, 0) is 98.2 Å². The van der Waals surface area contributed by atoms with E-state index in [9.17, 15) is 5.11 Å². The molecule has 0 amide bonds. The molecule has 3 heteroatoms. The maximum Gasteiger partial charge on any atom is 0.122 e. The lowest BCUT2D eigenvalue weighted by molar-refractivity contribution is -0.115. The van der Waals surface area contributed by atoms with Crippen LogP contribution in [0, 0.1) is 46.3 Å². The van der Waals surface area contributed by atoms with Gasteiger partial charge in [-0.15, -0.1) is 0 Å². The Morgan fingerprint density at radius 3 is 2.67 bits per heavy atom. The van der Waals surface area contributed by atoms with Crippen LogP contribution in [0.1, 0.15) is 85.5 Å². The number of piperidine rings is 1. The Labute approximate surface area is 183 Å². The first-order valence-corrected chi connectivity index (χ1v) is 13.1. The van der Waals surface area contributed by atoms with Gasteiger partial charge in [0.1, 0.15) is 5.72 Å². The highest BCUT2D eigenvalue weighted by molar-refractivity contribution is 5.26. The summed E-state index contributed by atoms with van der Waals surface area (Å²) in [6.07, 6.45) is 13.8. The molecule has 1 spiro atoms. The lowest BCUT2D eigenvalue weighted by atomic mass is 9.47. The molecule has 2 N–H and O–H groups in total. The average molecular weight is 414 g/mol. The first kappa shape index (κ1) is 20.2. The lowest BCUT2D eigenvalue weighted by Crippen LogP contribution is -2.57. The molecule has 2 heterocycles. The molecule has 4 aliphatic carbocycles. The first-order valence-electron chi connectivity index (χ1n) is 13.1. The molecule has 6 aliphatic rings. The predicted octanol–water partition coefficient (Wildman–Crippen LogP) is 5.29. The fraction of sp³-hybridized carbons (Fsp3) is 0.926. The van der Waals surface area contributed by atoms with Gasteiger partial charge in [0, 0.05) is 12.5 Å². The summed E-state index contributed by atoms with van der Waals surface area (Å²) in [6, 6.07) is 0. The first-order chi connectivity index (χ1) is 14.3. The monoisotopic (exact) mass is 413 g/mol. The van der Waals surface area contributed by atoms with Gasteiger partial charge in [-0.3, -0.25) is 5.32 Å². The van der Waals surface area contributed by atoms with E-state index < -0.39 is 0 Å². The number of hydrogen-bond donors (Lipinski definition) is 2. The standard InChI is InChI=1S/C27H43NO2/c1-16-7-12-27(28-15-16)17(2)24-23(30-27)14-22-20-6-5-18-13-19(29)8-10-25(18,3)21(20)9-11-26(22,24)4/h5,16-17,19-24,28-29H,6-15H2,1-4H3/t16-,17+,19+,20-,21+,22+,23+,24+,25-,26-,27-/m1/s1. The highest BCUT2D eigenvalue weighted by Crippen LogP contribution is 2.70. The van der Waals surface area contributed by atoms with Gasteiger partial charge in [-0.25, -0.2) is 0 Å².